The fourth-order valence-electron chi connectivity index (χ4n) is 4.50. The Morgan fingerprint density at radius 1 is 0.758 bits per heavy atom. The predicted octanol–water partition coefficient (Wildman–Crippen LogP) is 7.73. The molecular weight excluding hydrogens is 493 g/mol. The zero-order valence-corrected chi connectivity index (χ0v) is 26.9. The molecule has 0 saturated heterocycles. The second-order valence-corrected chi connectivity index (χ2v) is 27.4. The van der Waals surface area contributed by atoms with Crippen LogP contribution in [0.1, 0.15) is 38.5 Å². The van der Waals surface area contributed by atoms with Gasteiger partial charge in [0.25, 0.3) is 0 Å². The van der Waals surface area contributed by atoms with E-state index < -0.39 is 43.3 Å². The van der Waals surface area contributed by atoms with Crippen LogP contribution in [0, 0.1) is 0 Å². The minimum Gasteiger partial charge on any atom is -0.541 e. The van der Waals surface area contributed by atoms with Crippen LogP contribution >= 0.6 is 0 Å². The van der Waals surface area contributed by atoms with Gasteiger partial charge in [0.2, 0.25) is 0 Å². The van der Waals surface area contributed by atoms with Crippen molar-refractivity contribution in [2.24, 2.45) is 0 Å². The van der Waals surface area contributed by atoms with Crippen molar-refractivity contribution >= 4 is 43.3 Å². The van der Waals surface area contributed by atoms with Crippen molar-refractivity contribution in [2.45, 2.75) is 102 Å². The highest BCUT2D eigenvalue weighted by Crippen LogP contribution is 2.29. The third kappa shape index (κ3) is 11.2. The summed E-state index contributed by atoms with van der Waals surface area (Å²) in [4.78, 5) is 0. The van der Waals surface area contributed by atoms with Gasteiger partial charge < -0.3 is 17.1 Å². The second kappa shape index (κ2) is 13.0. The molecule has 2 aliphatic carbocycles. The quantitative estimate of drug-likeness (QED) is 0.188. The van der Waals surface area contributed by atoms with E-state index in [1.165, 1.54) is 24.4 Å². The third-order valence-corrected chi connectivity index (χ3v) is 21.7. The van der Waals surface area contributed by atoms with Gasteiger partial charge >= 0.3 is 26.6 Å². The van der Waals surface area contributed by atoms with E-state index in [0.717, 1.165) is 49.9 Å². The normalized spacial score (nSPS) is 17.3. The molecule has 0 saturated carbocycles. The van der Waals surface area contributed by atoms with Crippen molar-refractivity contribution in [2.75, 3.05) is 0 Å². The lowest BCUT2D eigenvalue weighted by atomic mass is 10.4. The average Bonchev–Trinajstić information content (AvgIpc) is 3.40. The SMILES string of the molecule is C=C[Si](CC[Si](C)(C)O[Si](C)(C)O[Si](C)(C)CC[Si](C=C)OC1=CCCC1)OC1=CCCC1. The minimum absolute atomic E-state index is 1.01. The summed E-state index contributed by atoms with van der Waals surface area (Å²) in [6, 6.07) is 4.31. The van der Waals surface area contributed by atoms with E-state index in [1.54, 1.807) is 0 Å². The van der Waals surface area contributed by atoms with Crippen LogP contribution in [0.15, 0.2) is 48.2 Å². The Morgan fingerprint density at radius 3 is 1.45 bits per heavy atom. The highest BCUT2D eigenvalue weighted by atomic mass is 28.5. The van der Waals surface area contributed by atoms with Crippen LogP contribution in [0.25, 0.3) is 0 Å². The van der Waals surface area contributed by atoms with Crippen molar-refractivity contribution in [3.05, 3.63) is 48.2 Å². The van der Waals surface area contributed by atoms with Gasteiger partial charge in [0, 0.05) is 12.8 Å². The van der Waals surface area contributed by atoms with Crippen LogP contribution in [-0.4, -0.2) is 43.3 Å². The largest absolute Gasteiger partial charge is 0.541 e. The van der Waals surface area contributed by atoms with Crippen LogP contribution in [0.5, 0.6) is 0 Å². The van der Waals surface area contributed by atoms with Gasteiger partial charge in [-0.15, -0.1) is 13.2 Å². The maximum absolute atomic E-state index is 6.82. The molecule has 0 fully saturated rings. The first-order valence-electron chi connectivity index (χ1n) is 12.5. The maximum Gasteiger partial charge on any atom is 0.311 e. The Hall–Kier alpha value is -0.436. The topological polar surface area (TPSA) is 36.9 Å². The highest BCUT2D eigenvalue weighted by molar-refractivity contribution is 6.88. The van der Waals surface area contributed by atoms with Crippen molar-refractivity contribution < 1.29 is 17.1 Å². The molecule has 0 unspecified atom stereocenters. The molecule has 0 atom stereocenters. The average molecular weight is 539 g/mol. The zero-order chi connectivity index (χ0) is 24.5. The summed E-state index contributed by atoms with van der Waals surface area (Å²) in [5.74, 6) is 2.37. The van der Waals surface area contributed by atoms with Gasteiger partial charge in [0.15, 0.2) is 16.6 Å². The molecule has 4 nitrogen and oxygen atoms in total. The Labute approximate surface area is 210 Å². The molecule has 0 heterocycles. The maximum atomic E-state index is 6.82. The van der Waals surface area contributed by atoms with Crippen molar-refractivity contribution in [3.63, 3.8) is 0 Å². The summed E-state index contributed by atoms with van der Waals surface area (Å²) in [5.41, 5.74) is 4.10. The molecule has 0 aromatic carbocycles. The molecule has 0 spiro atoms. The standard InChI is InChI=1S/C24H46O4Si5/c1-9-29(25-23-15-11-12-16-23)19-21-31(3,4)27-33(7,8)28-32(5,6)22-20-30(10-2)26-24-17-13-14-18-24/h9-10,15,17H,1-2,11-14,16,18-22H2,3-8H3. The highest BCUT2D eigenvalue weighted by Gasteiger charge is 2.40. The van der Waals surface area contributed by atoms with Gasteiger partial charge in [-0.3, -0.25) is 0 Å². The van der Waals surface area contributed by atoms with Crippen molar-refractivity contribution in [1.29, 1.82) is 0 Å². The van der Waals surface area contributed by atoms with E-state index in [4.69, 9.17) is 17.1 Å². The molecule has 0 bridgehead atoms. The first kappa shape index (κ1) is 28.8. The summed E-state index contributed by atoms with van der Waals surface area (Å²) in [6.07, 6.45) is 11.4. The number of allylic oxidation sites excluding steroid dienone is 4. The molecule has 9 heteroatoms. The molecule has 0 amide bonds. The van der Waals surface area contributed by atoms with Crippen LogP contribution in [-0.2, 0) is 17.1 Å². The molecule has 2 rings (SSSR count). The van der Waals surface area contributed by atoms with Gasteiger partial charge in [0.05, 0.1) is 11.5 Å². The lowest BCUT2D eigenvalue weighted by Gasteiger charge is -2.39. The molecule has 0 aromatic heterocycles. The van der Waals surface area contributed by atoms with E-state index in [9.17, 15) is 0 Å². The van der Waals surface area contributed by atoms with Gasteiger partial charge in [-0.05, 0) is 101 Å². The Bertz CT molecular complexity index is 660. The van der Waals surface area contributed by atoms with Gasteiger partial charge in [-0.2, -0.15) is 0 Å². The molecule has 2 radical (unpaired) electrons. The first-order valence-corrected chi connectivity index (χ1v) is 25.0. The number of hydrogen-bond donors (Lipinski definition) is 0. The Kier molecular flexibility index (Phi) is 11.4. The van der Waals surface area contributed by atoms with E-state index in [0.29, 0.717) is 0 Å². The zero-order valence-electron chi connectivity index (χ0n) is 21.9. The predicted molar refractivity (Wildman–Crippen MR) is 152 cm³/mol. The lowest BCUT2D eigenvalue weighted by molar-refractivity contribution is 0.386. The molecule has 0 aliphatic heterocycles. The smallest absolute Gasteiger partial charge is 0.311 e. The summed E-state index contributed by atoms with van der Waals surface area (Å²) in [6.45, 7) is 21.9. The molecule has 186 valence electrons. The van der Waals surface area contributed by atoms with Gasteiger partial charge in [-0.1, -0.05) is 11.4 Å². The van der Waals surface area contributed by atoms with Gasteiger partial charge in [0.1, 0.15) is 0 Å². The third-order valence-electron chi connectivity index (χ3n) is 5.97. The van der Waals surface area contributed by atoms with Crippen LogP contribution < -0.4 is 0 Å². The van der Waals surface area contributed by atoms with E-state index in [-0.39, 0.29) is 0 Å². The van der Waals surface area contributed by atoms with Crippen molar-refractivity contribution in [3.8, 4) is 0 Å². The summed E-state index contributed by atoms with van der Waals surface area (Å²) < 4.78 is 26.1. The number of rotatable bonds is 16. The van der Waals surface area contributed by atoms with Crippen molar-refractivity contribution in [1.82, 2.24) is 0 Å². The molecule has 33 heavy (non-hydrogen) atoms. The van der Waals surface area contributed by atoms with E-state index in [1.807, 2.05) is 11.4 Å². The second-order valence-electron chi connectivity index (χ2n) is 10.8. The summed E-state index contributed by atoms with van der Waals surface area (Å²) in [7, 11) is -7.95. The minimum atomic E-state index is -2.22. The Balaban J connectivity index is 1.81. The van der Waals surface area contributed by atoms with E-state index in [2.05, 4.69) is 64.6 Å². The van der Waals surface area contributed by atoms with Gasteiger partial charge in [-0.25, -0.2) is 0 Å². The fourth-order valence-corrected chi connectivity index (χ4v) is 25.1. The summed E-state index contributed by atoms with van der Waals surface area (Å²) >= 11 is 0. The monoisotopic (exact) mass is 538 g/mol. The van der Waals surface area contributed by atoms with Crippen LogP contribution in [0.2, 0.25) is 63.5 Å². The van der Waals surface area contributed by atoms with Crippen LogP contribution in [0.3, 0.4) is 0 Å². The van der Waals surface area contributed by atoms with E-state index >= 15 is 0 Å². The molecule has 0 aromatic rings. The molecule has 0 N–H and O–H groups in total. The Morgan fingerprint density at radius 2 is 1.15 bits per heavy atom. The number of hydrogen-bond acceptors (Lipinski definition) is 4. The first-order chi connectivity index (χ1) is 15.4. The fraction of sp³-hybridized carbons (Fsp3) is 0.667. The lowest BCUT2D eigenvalue weighted by Crippen LogP contribution is -2.52. The van der Waals surface area contributed by atoms with Crippen LogP contribution in [0.4, 0.5) is 0 Å². The molecule has 2 aliphatic rings. The molecular formula is C24H46O4Si5. The summed E-state index contributed by atoms with van der Waals surface area (Å²) in [5, 5.41) is 0.